The third-order valence-corrected chi connectivity index (χ3v) is 5.40. The van der Waals surface area contributed by atoms with E-state index in [1.807, 2.05) is 36.7 Å². The topological polar surface area (TPSA) is 56.7 Å². The van der Waals surface area contributed by atoms with Crippen molar-refractivity contribution >= 4 is 44.6 Å². The Bertz CT molecular complexity index is 608. The van der Waals surface area contributed by atoms with Crippen molar-refractivity contribution in [2.24, 2.45) is 4.99 Å². The van der Waals surface area contributed by atoms with Crippen LogP contribution in [0.1, 0.15) is 24.3 Å². The van der Waals surface area contributed by atoms with Gasteiger partial charge in [-0.3, -0.25) is 0 Å². The summed E-state index contributed by atoms with van der Waals surface area (Å²) >= 11 is 6.72. The molecule has 120 valence electrons. The molecule has 4 nitrogen and oxygen atoms in total. The van der Waals surface area contributed by atoms with E-state index < -0.39 is 5.60 Å². The van der Waals surface area contributed by atoms with Crippen LogP contribution >= 0.6 is 38.6 Å². The molecule has 0 saturated carbocycles. The highest BCUT2D eigenvalue weighted by atomic mass is 79.9. The summed E-state index contributed by atoms with van der Waals surface area (Å²) in [7, 11) is 0. The second-order valence-electron chi connectivity index (χ2n) is 5.04. The van der Waals surface area contributed by atoms with Crippen molar-refractivity contribution in [3.8, 4) is 0 Å². The van der Waals surface area contributed by atoms with E-state index in [0.29, 0.717) is 19.0 Å². The van der Waals surface area contributed by atoms with E-state index >= 15 is 0 Å². The fourth-order valence-corrected chi connectivity index (χ4v) is 4.05. The maximum atomic E-state index is 10.5. The number of thiophene rings is 2. The Morgan fingerprint density at radius 1 is 1.36 bits per heavy atom. The van der Waals surface area contributed by atoms with Crippen LogP contribution in [0.3, 0.4) is 0 Å². The summed E-state index contributed by atoms with van der Waals surface area (Å²) in [6.07, 6.45) is 0. The number of nitrogens with zero attached hydrogens (tertiary/aromatic N) is 1. The number of rotatable bonds is 6. The van der Waals surface area contributed by atoms with Crippen LogP contribution < -0.4 is 10.6 Å². The molecule has 2 heterocycles. The smallest absolute Gasteiger partial charge is 0.191 e. The highest BCUT2D eigenvalue weighted by Gasteiger charge is 2.23. The number of aliphatic imine (C=N–C) groups is 1. The minimum atomic E-state index is -0.915. The van der Waals surface area contributed by atoms with Gasteiger partial charge in [-0.2, -0.15) is 11.3 Å². The molecule has 2 rings (SSSR count). The van der Waals surface area contributed by atoms with Crippen LogP contribution in [0, 0.1) is 0 Å². The van der Waals surface area contributed by atoms with Crippen LogP contribution in [0.2, 0.25) is 0 Å². The predicted octanol–water partition coefficient (Wildman–Crippen LogP) is 3.53. The highest BCUT2D eigenvalue weighted by molar-refractivity contribution is 9.11. The van der Waals surface area contributed by atoms with Crippen molar-refractivity contribution in [2.75, 3.05) is 13.1 Å². The fourth-order valence-electron chi connectivity index (χ4n) is 1.86. The Labute approximate surface area is 147 Å². The Kier molecular flexibility index (Phi) is 6.43. The molecule has 0 bridgehead atoms. The van der Waals surface area contributed by atoms with Gasteiger partial charge >= 0.3 is 0 Å². The third-order valence-electron chi connectivity index (χ3n) is 3.11. The zero-order chi connectivity index (χ0) is 16.0. The van der Waals surface area contributed by atoms with Crippen molar-refractivity contribution in [3.63, 3.8) is 0 Å². The standard InChI is InChI=1S/C15H20BrN3OS2/c1-3-17-14(18-8-12-4-5-13(16)22-12)19-10-15(2,20)11-6-7-21-9-11/h4-7,9,20H,3,8,10H2,1-2H3,(H2,17,18,19). The van der Waals surface area contributed by atoms with Gasteiger partial charge in [-0.05, 0) is 64.3 Å². The molecule has 0 fully saturated rings. The summed E-state index contributed by atoms with van der Waals surface area (Å²) in [4.78, 5) is 5.75. The first-order valence-electron chi connectivity index (χ1n) is 7.02. The number of hydrogen-bond donors (Lipinski definition) is 3. The molecule has 7 heteroatoms. The Hall–Kier alpha value is -0.890. The first-order chi connectivity index (χ1) is 10.5. The van der Waals surface area contributed by atoms with Crippen molar-refractivity contribution < 1.29 is 5.11 Å². The summed E-state index contributed by atoms with van der Waals surface area (Å²) < 4.78 is 1.11. The van der Waals surface area contributed by atoms with E-state index in [0.717, 1.165) is 15.9 Å². The van der Waals surface area contributed by atoms with Gasteiger partial charge in [0.15, 0.2) is 5.96 Å². The summed E-state index contributed by atoms with van der Waals surface area (Å²) in [6.45, 7) is 5.63. The Morgan fingerprint density at radius 2 is 2.18 bits per heavy atom. The summed E-state index contributed by atoms with van der Waals surface area (Å²) in [5, 5.41) is 20.9. The molecular formula is C15H20BrN3OS2. The van der Waals surface area contributed by atoms with Crippen LogP contribution in [-0.2, 0) is 12.1 Å². The van der Waals surface area contributed by atoms with Gasteiger partial charge in [-0.25, -0.2) is 4.99 Å². The lowest BCUT2D eigenvalue weighted by Crippen LogP contribution is -2.44. The first kappa shape index (κ1) is 17.5. The molecule has 0 aliphatic carbocycles. The van der Waals surface area contributed by atoms with E-state index in [9.17, 15) is 5.11 Å². The predicted molar refractivity (Wildman–Crippen MR) is 98.7 cm³/mol. The molecule has 0 aliphatic rings. The van der Waals surface area contributed by atoms with Gasteiger partial charge in [0.1, 0.15) is 5.60 Å². The van der Waals surface area contributed by atoms with Crippen LogP contribution in [0.5, 0.6) is 0 Å². The second-order valence-corrected chi connectivity index (χ2v) is 8.37. The van der Waals surface area contributed by atoms with Gasteiger partial charge in [0.05, 0.1) is 16.9 Å². The summed E-state index contributed by atoms with van der Waals surface area (Å²) in [5.74, 6) is 0.711. The molecule has 1 unspecified atom stereocenters. The van der Waals surface area contributed by atoms with E-state index in [2.05, 4.69) is 37.6 Å². The molecule has 0 aromatic carbocycles. The lowest BCUT2D eigenvalue weighted by Gasteiger charge is -2.24. The molecule has 3 N–H and O–H groups in total. The molecule has 0 aliphatic heterocycles. The second kappa shape index (κ2) is 8.10. The average molecular weight is 402 g/mol. The van der Waals surface area contributed by atoms with Crippen molar-refractivity contribution in [1.82, 2.24) is 10.6 Å². The van der Waals surface area contributed by atoms with Crippen LogP contribution in [0.15, 0.2) is 37.7 Å². The monoisotopic (exact) mass is 401 g/mol. The Morgan fingerprint density at radius 3 is 2.77 bits per heavy atom. The van der Waals surface area contributed by atoms with E-state index in [-0.39, 0.29) is 0 Å². The fraction of sp³-hybridized carbons (Fsp3) is 0.400. The number of aliphatic hydroxyl groups is 1. The molecular weight excluding hydrogens is 382 g/mol. The van der Waals surface area contributed by atoms with Gasteiger partial charge < -0.3 is 15.7 Å². The zero-order valence-corrected chi connectivity index (χ0v) is 15.8. The number of halogens is 1. The van der Waals surface area contributed by atoms with Gasteiger partial charge in [0, 0.05) is 11.4 Å². The van der Waals surface area contributed by atoms with Crippen LogP contribution in [0.4, 0.5) is 0 Å². The lowest BCUT2D eigenvalue weighted by molar-refractivity contribution is 0.0621. The molecule has 2 aromatic rings. The number of guanidine groups is 1. The zero-order valence-electron chi connectivity index (χ0n) is 12.6. The van der Waals surface area contributed by atoms with E-state index in [4.69, 9.17) is 0 Å². The molecule has 2 aromatic heterocycles. The molecule has 0 radical (unpaired) electrons. The minimum Gasteiger partial charge on any atom is -0.384 e. The number of nitrogens with one attached hydrogen (secondary N) is 2. The van der Waals surface area contributed by atoms with Crippen molar-refractivity contribution in [3.05, 3.63) is 43.2 Å². The lowest BCUT2D eigenvalue weighted by atomic mass is 9.99. The quantitative estimate of drug-likeness (QED) is 0.512. The van der Waals surface area contributed by atoms with Gasteiger partial charge in [-0.15, -0.1) is 11.3 Å². The van der Waals surface area contributed by atoms with Gasteiger partial charge in [0.25, 0.3) is 0 Å². The normalized spacial score (nSPS) is 14.6. The molecule has 1 atom stereocenters. The molecule has 0 spiro atoms. The minimum absolute atomic E-state index is 0.406. The Balaban J connectivity index is 1.96. The van der Waals surface area contributed by atoms with Crippen LogP contribution in [0.25, 0.3) is 0 Å². The maximum absolute atomic E-state index is 10.5. The molecule has 0 amide bonds. The van der Waals surface area contributed by atoms with Gasteiger partial charge in [-0.1, -0.05) is 0 Å². The largest absolute Gasteiger partial charge is 0.384 e. The SMILES string of the molecule is CCNC(=NCc1ccc(Br)s1)NCC(C)(O)c1ccsc1. The van der Waals surface area contributed by atoms with E-state index in [1.54, 1.807) is 22.7 Å². The summed E-state index contributed by atoms with van der Waals surface area (Å²) in [6, 6.07) is 6.03. The third kappa shape index (κ3) is 5.08. The van der Waals surface area contributed by atoms with Crippen LogP contribution in [-0.4, -0.2) is 24.2 Å². The highest BCUT2D eigenvalue weighted by Crippen LogP contribution is 2.23. The first-order valence-corrected chi connectivity index (χ1v) is 9.58. The van der Waals surface area contributed by atoms with Crippen molar-refractivity contribution in [1.29, 1.82) is 0 Å². The van der Waals surface area contributed by atoms with Gasteiger partial charge in [0.2, 0.25) is 0 Å². The molecule has 0 saturated heterocycles. The summed E-state index contributed by atoms with van der Waals surface area (Å²) in [5.41, 5.74) is 0.00495. The van der Waals surface area contributed by atoms with Crippen molar-refractivity contribution in [2.45, 2.75) is 26.0 Å². The average Bonchev–Trinajstić information content (AvgIpc) is 3.13. The van der Waals surface area contributed by atoms with E-state index in [1.165, 1.54) is 4.88 Å². The molecule has 22 heavy (non-hydrogen) atoms. The maximum Gasteiger partial charge on any atom is 0.191 e. The number of hydrogen-bond acceptors (Lipinski definition) is 4.